The molecule has 1 saturated heterocycles. The van der Waals surface area contributed by atoms with Crippen LogP contribution in [-0.2, 0) is 4.74 Å². The van der Waals surface area contributed by atoms with E-state index in [9.17, 15) is 22.0 Å². The van der Waals surface area contributed by atoms with Crippen molar-refractivity contribution in [3.8, 4) is 5.75 Å². The van der Waals surface area contributed by atoms with E-state index in [1.807, 2.05) is 0 Å². The highest BCUT2D eigenvalue weighted by atomic mass is 19.4. The predicted molar refractivity (Wildman–Crippen MR) is 65.3 cm³/mol. The van der Waals surface area contributed by atoms with Crippen LogP contribution in [-0.4, -0.2) is 25.5 Å². The van der Waals surface area contributed by atoms with Crippen molar-refractivity contribution in [1.29, 1.82) is 0 Å². The molecular weight excluding hydrogens is 295 g/mol. The molecule has 7 heteroatoms. The first-order valence-corrected chi connectivity index (χ1v) is 6.38. The van der Waals surface area contributed by atoms with Gasteiger partial charge in [-0.15, -0.1) is 0 Å². The molecule has 1 aromatic carbocycles. The zero-order valence-corrected chi connectivity index (χ0v) is 11.6. The Morgan fingerprint density at radius 1 is 1.33 bits per heavy atom. The molecule has 0 aromatic heterocycles. The Morgan fingerprint density at radius 3 is 2.57 bits per heavy atom. The summed E-state index contributed by atoms with van der Waals surface area (Å²) in [5.41, 5.74) is -1.04. The summed E-state index contributed by atoms with van der Waals surface area (Å²) in [6, 6.07) is 2.26. The SMILES string of the molecule is COc1c(C2COC(C)(CC(F)(F)F)C2)ccc(F)c1F. The summed E-state index contributed by atoms with van der Waals surface area (Å²) in [5, 5.41) is 0. The summed E-state index contributed by atoms with van der Waals surface area (Å²) in [6.07, 6.45) is -5.36. The second kappa shape index (κ2) is 5.44. The van der Waals surface area contributed by atoms with Gasteiger partial charge in [-0.1, -0.05) is 6.07 Å². The van der Waals surface area contributed by atoms with E-state index in [2.05, 4.69) is 0 Å². The van der Waals surface area contributed by atoms with Crippen molar-refractivity contribution in [2.45, 2.75) is 37.5 Å². The third kappa shape index (κ3) is 3.45. The Kier molecular flexibility index (Phi) is 4.15. The Hall–Kier alpha value is -1.37. The van der Waals surface area contributed by atoms with Crippen LogP contribution in [0, 0.1) is 11.6 Å². The Labute approximate surface area is 118 Å². The monoisotopic (exact) mass is 310 g/mol. The van der Waals surface area contributed by atoms with Gasteiger partial charge in [0.1, 0.15) is 0 Å². The zero-order chi connectivity index (χ0) is 15.8. The summed E-state index contributed by atoms with van der Waals surface area (Å²) in [4.78, 5) is 0. The first-order chi connectivity index (χ1) is 9.65. The fourth-order valence-corrected chi connectivity index (χ4v) is 2.76. The number of benzene rings is 1. The van der Waals surface area contributed by atoms with E-state index in [-0.39, 0.29) is 18.8 Å². The second-order valence-corrected chi connectivity index (χ2v) is 5.44. The van der Waals surface area contributed by atoms with Crippen molar-refractivity contribution in [3.05, 3.63) is 29.3 Å². The molecule has 0 aliphatic carbocycles. The smallest absolute Gasteiger partial charge is 0.391 e. The standard InChI is InChI=1S/C14H15F5O2/c1-13(7-14(17,18)19)5-8(6-21-13)9-3-4-10(15)11(16)12(9)20-2/h3-4,8H,5-7H2,1-2H3. The quantitative estimate of drug-likeness (QED) is 0.780. The molecule has 21 heavy (non-hydrogen) atoms. The van der Waals surface area contributed by atoms with Crippen LogP contribution in [0.4, 0.5) is 22.0 Å². The normalized spacial score (nSPS) is 26.1. The van der Waals surface area contributed by atoms with Gasteiger partial charge in [-0.3, -0.25) is 0 Å². The molecule has 0 spiro atoms. The van der Waals surface area contributed by atoms with E-state index in [1.54, 1.807) is 0 Å². The summed E-state index contributed by atoms with van der Waals surface area (Å²) < 4.78 is 74.5. The third-order valence-electron chi connectivity index (χ3n) is 3.61. The van der Waals surface area contributed by atoms with Crippen LogP contribution >= 0.6 is 0 Å². The molecule has 0 amide bonds. The predicted octanol–water partition coefficient (Wildman–Crippen LogP) is 4.19. The lowest BCUT2D eigenvalue weighted by Gasteiger charge is -2.24. The van der Waals surface area contributed by atoms with Gasteiger partial charge in [0.05, 0.1) is 25.7 Å². The highest BCUT2D eigenvalue weighted by Crippen LogP contribution is 2.45. The number of halogens is 5. The first-order valence-electron chi connectivity index (χ1n) is 6.38. The van der Waals surface area contributed by atoms with Crippen LogP contribution in [0.1, 0.15) is 31.2 Å². The molecule has 0 N–H and O–H groups in total. The van der Waals surface area contributed by atoms with E-state index in [1.165, 1.54) is 20.1 Å². The van der Waals surface area contributed by atoms with Crippen molar-refractivity contribution < 1.29 is 31.4 Å². The summed E-state index contributed by atoms with van der Waals surface area (Å²) in [5.74, 6) is -2.95. The lowest BCUT2D eigenvalue weighted by Crippen LogP contribution is -2.30. The lowest BCUT2D eigenvalue weighted by atomic mass is 9.88. The molecule has 0 saturated carbocycles. The lowest BCUT2D eigenvalue weighted by molar-refractivity contribution is -0.174. The van der Waals surface area contributed by atoms with Gasteiger partial charge in [0.25, 0.3) is 0 Å². The van der Waals surface area contributed by atoms with Gasteiger partial charge in [-0.05, 0) is 19.4 Å². The largest absolute Gasteiger partial charge is 0.493 e. The Morgan fingerprint density at radius 2 is 2.00 bits per heavy atom. The van der Waals surface area contributed by atoms with Gasteiger partial charge in [-0.2, -0.15) is 17.6 Å². The minimum absolute atomic E-state index is 0.00795. The van der Waals surface area contributed by atoms with E-state index in [0.717, 1.165) is 6.07 Å². The molecule has 1 aliphatic rings. The van der Waals surface area contributed by atoms with Crippen LogP contribution in [0.15, 0.2) is 12.1 Å². The highest BCUT2D eigenvalue weighted by molar-refractivity contribution is 5.39. The number of hydrogen-bond acceptors (Lipinski definition) is 2. The number of hydrogen-bond donors (Lipinski definition) is 0. The minimum atomic E-state index is -4.35. The second-order valence-electron chi connectivity index (χ2n) is 5.44. The maximum absolute atomic E-state index is 13.7. The first kappa shape index (κ1) is 16.0. The summed E-state index contributed by atoms with van der Waals surface area (Å²) in [7, 11) is 1.19. The summed E-state index contributed by atoms with van der Waals surface area (Å²) >= 11 is 0. The molecule has 1 aliphatic heterocycles. The molecule has 2 unspecified atom stereocenters. The van der Waals surface area contributed by atoms with Crippen molar-refractivity contribution in [2.24, 2.45) is 0 Å². The number of rotatable bonds is 3. The van der Waals surface area contributed by atoms with E-state index < -0.39 is 35.8 Å². The molecule has 0 radical (unpaired) electrons. The van der Waals surface area contributed by atoms with Crippen LogP contribution in [0.2, 0.25) is 0 Å². The van der Waals surface area contributed by atoms with Gasteiger partial charge in [0, 0.05) is 11.5 Å². The third-order valence-corrected chi connectivity index (χ3v) is 3.61. The van der Waals surface area contributed by atoms with E-state index in [0.29, 0.717) is 5.56 Å². The molecule has 118 valence electrons. The van der Waals surface area contributed by atoms with Crippen LogP contribution in [0.5, 0.6) is 5.75 Å². The van der Waals surface area contributed by atoms with Crippen LogP contribution in [0.25, 0.3) is 0 Å². The average Bonchev–Trinajstić information content (AvgIpc) is 2.72. The number of alkyl halides is 3. The molecule has 2 nitrogen and oxygen atoms in total. The molecule has 2 rings (SSSR count). The summed E-state index contributed by atoms with van der Waals surface area (Å²) in [6.45, 7) is 1.38. The highest BCUT2D eigenvalue weighted by Gasteiger charge is 2.46. The van der Waals surface area contributed by atoms with Crippen molar-refractivity contribution in [1.82, 2.24) is 0 Å². The van der Waals surface area contributed by atoms with E-state index in [4.69, 9.17) is 9.47 Å². The Balaban J connectivity index is 2.24. The maximum Gasteiger partial charge on any atom is 0.391 e. The molecular formula is C14H15F5O2. The number of methoxy groups -OCH3 is 1. The average molecular weight is 310 g/mol. The number of ether oxygens (including phenoxy) is 2. The van der Waals surface area contributed by atoms with Crippen LogP contribution in [0.3, 0.4) is 0 Å². The molecule has 0 bridgehead atoms. The fraction of sp³-hybridized carbons (Fsp3) is 0.571. The van der Waals surface area contributed by atoms with Gasteiger partial charge < -0.3 is 9.47 Å². The molecule has 1 fully saturated rings. The molecule has 1 heterocycles. The fourth-order valence-electron chi connectivity index (χ4n) is 2.76. The minimum Gasteiger partial charge on any atom is -0.493 e. The van der Waals surface area contributed by atoms with Crippen molar-refractivity contribution >= 4 is 0 Å². The molecule has 2 atom stereocenters. The zero-order valence-electron chi connectivity index (χ0n) is 11.6. The Bertz CT molecular complexity index is 529. The van der Waals surface area contributed by atoms with Crippen LogP contribution < -0.4 is 4.74 Å². The van der Waals surface area contributed by atoms with Gasteiger partial charge in [0.2, 0.25) is 5.82 Å². The van der Waals surface area contributed by atoms with Gasteiger partial charge >= 0.3 is 6.18 Å². The van der Waals surface area contributed by atoms with Crippen molar-refractivity contribution in [3.63, 3.8) is 0 Å². The van der Waals surface area contributed by atoms with Gasteiger partial charge in [-0.25, -0.2) is 4.39 Å². The maximum atomic E-state index is 13.7. The molecule has 1 aromatic rings. The van der Waals surface area contributed by atoms with E-state index >= 15 is 0 Å². The van der Waals surface area contributed by atoms with Gasteiger partial charge in [0.15, 0.2) is 11.6 Å². The topological polar surface area (TPSA) is 18.5 Å². The van der Waals surface area contributed by atoms with Crippen molar-refractivity contribution in [2.75, 3.05) is 13.7 Å².